The van der Waals surface area contributed by atoms with Crippen molar-refractivity contribution < 1.29 is 4.79 Å². The first-order chi connectivity index (χ1) is 56.3. The van der Waals surface area contributed by atoms with E-state index in [1.807, 2.05) is 54.3 Å². The third kappa shape index (κ3) is 31.2. The summed E-state index contributed by atoms with van der Waals surface area (Å²) in [6.07, 6.45) is 23.1. The van der Waals surface area contributed by atoms with Gasteiger partial charge >= 0.3 is 0 Å². The molecule has 0 spiro atoms. The molecule has 7 aromatic rings. The van der Waals surface area contributed by atoms with E-state index in [9.17, 15) is 4.79 Å². The highest BCUT2D eigenvalue weighted by molar-refractivity contribution is 5.94. The Hall–Kier alpha value is -8.30. The third-order valence-electron chi connectivity index (χ3n) is 23.7. The molecule has 2 unspecified atom stereocenters. The Morgan fingerprint density at radius 2 is 0.600 bits per heavy atom. The number of carbonyl (C=O) groups excluding carboxylic acids is 1. The largest absolute Gasteiger partial charge is 0.386 e. The molecule has 120 heavy (non-hydrogen) atoms. The summed E-state index contributed by atoms with van der Waals surface area (Å²) in [5.41, 5.74) is 11.8. The van der Waals surface area contributed by atoms with E-state index in [0.29, 0.717) is 12.1 Å². The summed E-state index contributed by atoms with van der Waals surface area (Å²) in [5.74, 6) is 6.77. The Balaban J connectivity index is 0.000000174. The van der Waals surface area contributed by atoms with Gasteiger partial charge in [0.2, 0.25) is 0 Å². The average Bonchev–Trinajstić information content (AvgIpc) is 0.771. The van der Waals surface area contributed by atoms with Gasteiger partial charge in [-0.25, -0.2) is 29.9 Å². The molecule has 2 N–H and O–H groups in total. The van der Waals surface area contributed by atoms with E-state index in [0.717, 1.165) is 189 Å². The number of nitrogens with zero attached hydrogens (tertiary/aromatic N) is 17. The summed E-state index contributed by atoms with van der Waals surface area (Å²) >= 11 is 0. The molecule has 0 radical (unpaired) electrons. The van der Waals surface area contributed by atoms with Crippen molar-refractivity contribution in [3.05, 3.63) is 185 Å². The average molecular weight is 1640 g/mol. The van der Waals surface area contributed by atoms with E-state index in [2.05, 4.69) is 349 Å². The van der Waals surface area contributed by atoms with Crippen LogP contribution < -0.4 is 40.0 Å². The second kappa shape index (κ2) is 43.6. The van der Waals surface area contributed by atoms with Crippen LogP contribution in [0.3, 0.4) is 0 Å². The van der Waals surface area contributed by atoms with Crippen LogP contribution in [0.1, 0.15) is 247 Å². The summed E-state index contributed by atoms with van der Waals surface area (Å²) in [7, 11) is 6.52. The molecular weight excluding hydrogens is 1480 g/mol. The first kappa shape index (κ1) is 97.2. The summed E-state index contributed by atoms with van der Waals surface area (Å²) in [4.78, 5) is 67.3. The topological polar surface area (TPSA) is 164 Å². The second-order valence-corrected chi connectivity index (χ2v) is 41.7. The third-order valence-corrected chi connectivity index (χ3v) is 23.7. The van der Waals surface area contributed by atoms with Gasteiger partial charge in [0, 0.05) is 198 Å². The summed E-state index contributed by atoms with van der Waals surface area (Å²) < 4.78 is 0. The van der Waals surface area contributed by atoms with Crippen molar-refractivity contribution in [1.82, 2.24) is 65.1 Å². The molecule has 7 fully saturated rings. The predicted octanol–water partition coefficient (Wildman–Crippen LogP) is 17.6. The van der Waals surface area contributed by atoms with Crippen molar-refractivity contribution in [3.8, 4) is 0 Å². The Morgan fingerprint density at radius 3 is 0.875 bits per heavy atom. The molecule has 0 saturated carbocycles. The van der Waals surface area contributed by atoms with Gasteiger partial charge < -0.3 is 59.6 Å². The van der Waals surface area contributed by atoms with Crippen LogP contribution in [0.4, 0.5) is 34.9 Å². The molecular formula is C100H159N19O. The van der Waals surface area contributed by atoms with Crippen LogP contribution in [0.2, 0.25) is 0 Å². The molecule has 7 aliphatic heterocycles. The van der Waals surface area contributed by atoms with Crippen molar-refractivity contribution >= 4 is 40.8 Å². The van der Waals surface area contributed by atoms with E-state index < -0.39 is 0 Å². The number of rotatable bonds is 7. The molecule has 20 nitrogen and oxygen atoms in total. The molecule has 7 saturated heterocycles. The maximum Gasteiger partial charge on any atom is 0.255 e. The van der Waals surface area contributed by atoms with Crippen LogP contribution in [0, 0.1) is 0 Å². The van der Waals surface area contributed by atoms with E-state index in [4.69, 9.17) is 0 Å². The van der Waals surface area contributed by atoms with Gasteiger partial charge in [-0.3, -0.25) is 9.78 Å². The normalized spacial score (nSPS) is 18.9. The second-order valence-electron chi connectivity index (χ2n) is 41.7. The number of carbonyl (C=O) groups is 1. The number of nitrogens with one attached hydrogen (secondary N) is 2. The Labute approximate surface area is 727 Å². The van der Waals surface area contributed by atoms with Gasteiger partial charge in [-0.15, -0.1) is 0 Å². The number of piperazine rings is 5. The molecule has 0 bridgehead atoms. The number of amides is 1. The minimum absolute atomic E-state index is 0.0329. The predicted molar refractivity (Wildman–Crippen MR) is 509 cm³/mol. The number of likely N-dealkylation sites (N-methyl/N-ethyl adjacent to an activating group) is 3. The van der Waals surface area contributed by atoms with Crippen molar-refractivity contribution in [2.75, 3.05) is 188 Å². The van der Waals surface area contributed by atoms with Crippen molar-refractivity contribution in [2.45, 2.75) is 248 Å². The van der Waals surface area contributed by atoms with Gasteiger partial charge in [0.15, 0.2) is 0 Å². The lowest BCUT2D eigenvalue weighted by Crippen LogP contribution is -2.54. The van der Waals surface area contributed by atoms with Crippen LogP contribution in [0.15, 0.2) is 141 Å². The minimum atomic E-state index is 0.0329. The highest BCUT2D eigenvalue weighted by Gasteiger charge is 2.28. The number of anilines is 6. The fourth-order valence-electron chi connectivity index (χ4n) is 15.0. The number of piperidine rings is 2. The van der Waals surface area contributed by atoms with Gasteiger partial charge in [0.25, 0.3) is 5.91 Å². The first-order valence-electron chi connectivity index (χ1n) is 45.1. The van der Waals surface area contributed by atoms with Crippen LogP contribution in [-0.2, 0) is 37.9 Å². The van der Waals surface area contributed by atoms with E-state index >= 15 is 0 Å². The van der Waals surface area contributed by atoms with Gasteiger partial charge in [-0.05, 0) is 193 Å². The molecule has 20 heteroatoms. The molecule has 2 atom stereocenters. The van der Waals surface area contributed by atoms with Crippen LogP contribution >= 0.6 is 0 Å². The Morgan fingerprint density at radius 1 is 0.325 bits per heavy atom. The molecule has 1 amide bonds. The molecule has 7 aromatic heterocycles. The van der Waals surface area contributed by atoms with Gasteiger partial charge in [-0.2, -0.15) is 0 Å². The number of aromatic nitrogens is 7. The van der Waals surface area contributed by atoms with E-state index in [-0.39, 0.29) is 43.8 Å². The SMILES string of the molecule is C=C1CN(c2ccc(C(C)(C)C)cn2)CCN1.CC(C)(C)c1ccc(N2CCCCC2)nc1.CC(C)(C)c1cncc(C(=O)N2CCCCC2)c1.CC1CN(c2ccc(C(C)(C)C)cn2)CC(C)N1.CN1CCN(c2ccc(C(C)(C)C)cn2)CC1.CN1CCN(c2ccc(C(C)(C)C)cn2)CC1.CN1CCN(c2ccc(C(C)(C)C)cn2)CC1. The van der Waals surface area contributed by atoms with E-state index in [1.54, 1.807) is 6.20 Å². The van der Waals surface area contributed by atoms with Crippen LogP contribution in [0.5, 0.6) is 0 Å². The van der Waals surface area contributed by atoms with Crippen molar-refractivity contribution in [1.29, 1.82) is 0 Å². The summed E-state index contributed by atoms with van der Waals surface area (Å²) in [6, 6.07) is 29.2. The molecule has 14 rings (SSSR count). The zero-order valence-corrected chi connectivity index (χ0v) is 79.6. The van der Waals surface area contributed by atoms with Crippen LogP contribution in [-0.4, -0.2) is 231 Å². The minimum Gasteiger partial charge on any atom is -0.386 e. The zero-order chi connectivity index (χ0) is 88.0. The lowest BCUT2D eigenvalue weighted by atomic mass is 9.87. The van der Waals surface area contributed by atoms with E-state index in [1.165, 1.54) is 72.2 Å². The lowest BCUT2D eigenvalue weighted by Gasteiger charge is -2.37. The maximum atomic E-state index is 12.4. The fraction of sp³-hybridized carbons (Fsp3) is 0.620. The number of hydrogen-bond donors (Lipinski definition) is 2. The number of likely N-dealkylation sites (tertiary alicyclic amines) is 1. The van der Waals surface area contributed by atoms with Crippen molar-refractivity contribution in [3.63, 3.8) is 0 Å². The van der Waals surface area contributed by atoms with Crippen molar-refractivity contribution in [2.24, 2.45) is 0 Å². The maximum absolute atomic E-state index is 12.4. The number of pyridine rings is 7. The molecule has 0 aliphatic carbocycles. The first-order valence-corrected chi connectivity index (χ1v) is 45.1. The van der Waals surface area contributed by atoms with Gasteiger partial charge in [0.05, 0.1) is 12.1 Å². The monoisotopic (exact) mass is 1640 g/mol. The summed E-state index contributed by atoms with van der Waals surface area (Å²) in [6.45, 7) is 77.0. The number of hydrogen-bond acceptors (Lipinski definition) is 19. The Kier molecular flexibility index (Phi) is 35.3. The molecule has 0 aromatic carbocycles. The standard InChI is InChI=1S/C15H25N3.C15H22N2O.3C14H23N3.C14H21N3.C14H22N2/c1-11-9-18(10-12(2)17-11)14-7-6-13(8-16-14)15(3,4)5;1-15(2,3)13-9-12(10-16-11-13)14(18)17-7-5-4-6-8-17;3*1-14(2,3)12-5-6-13(15-11-12)17-9-7-16(4)8-10-17;1-11-10-17(8-7-15-11)13-6-5-12(9-16-13)14(2,3)4;1-14(2,3)12-7-8-13(15-11-12)16-9-5-4-6-10-16/h6-8,11-12,17H,9-10H2,1-5H3;9-11H,4-8H2,1-3H3;3*5-6,11H,7-10H2,1-4H3;5-6,9,15H,1,7-8,10H2,2-4H3;7-8,11H,4-6,9-10H2,1-3H3. The lowest BCUT2D eigenvalue weighted by molar-refractivity contribution is 0.0723. The highest BCUT2D eigenvalue weighted by Crippen LogP contribution is 2.31. The Bertz CT molecular complexity index is 3950. The molecule has 7 aliphatic rings. The quantitative estimate of drug-likeness (QED) is 0.155. The zero-order valence-electron chi connectivity index (χ0n) is 79.6. The molecule has 14 heterocycles. The molecule has 660 valence electrons. The van der Waals surface area contributed by atoms with Gasteiger partial charge in [-0.1, -0.05) is 188 Å². The van der Waals surface area contributed by atoms with Gasteiger partial charge in [0.1, 0.15) is 34.9 Å². The smallest absolute Gasteiger partial charge is 0.255 e. The highest BCUT2D eigenvalue weighted by atomic mass is 16.2. The summed E-state index contributed by atoms with van der Waals surface area (Å²) in [5, 5.41) is 6.80. The fourth-order valence-corrected chi connectivity index (χ4v) is 15.0. The van der Waals surface area contributed by atoms with Crippen LogP contribution in [0.25, 0.3) is 0 Å².